The van der Waals surface area contributed by atoms with Gasteiger partial charge >= 0.3 is 11.9 Å². The van der Waals surface area contributed by atoms with Crippen LogP contribution in [0.2, 0.25) is 65.5 Å². The first-order valence-corrected chi connectivity index (χ1v) is 26.7. The van der Waals surface area contributed by atoms with Crippen molar-refractivity contribution in [2.24, 2.45) is 23.2 Å². The summed E-state index contributed by atoms with van der Waals surface area (Å²) in [5.41, 5.74) is -0.542. The first-order chi connectivity index (χ1) is 18.8. The van der Waals surface area contributed by atoms with Gasteiger partial charge in [0.1, 0.15) is 0 Å². The van der Waals surface area contributed by atoms with Gasteiger partial charge in [0.05, 0.1) is 11.3 Å². The molecule has 0 saturated carbocycles. The number of ether oxygens (including phenoxy) is 1. The molecule has 268 valence electrons. The number of rotatable bonds is 9. The van der Waals surface area contributed by atoms with Crippen LogP contribution in [0, 0.1) is 23.2 Å². The first kappa shape index (κ1) is 58.1. The lowest BCUT2D eigenvalue weighted by Gasteiger charge is -2.14. The zero-order valence-electron chi connectivity index (χ0n) is 33.5. The molecule has 0 aromatic heterocycles. The quantitative estimate of drug-likeness (QED) is 0.235. The Morgan fingerprint density at radius 2 is 0.907 bits per heavy atom. The number of carbonyl (C=O) groups is 2. The van der Waals surface area contributed by atoms with Gasteiger partial charge in [0.2, 0.25) is 0 Å². The molecule has 0 amide bonds. The Hall–Kier alpha value is -0.529. The molecule has 0 fully saturated rings. The summed E-state index contributed by atoms with van der Waals surface area (Å²) in [5, 5.41) is 16.6. The Kier molecular flexibility index (Phi) is 44.4. The van der Waals surface area contributed by atoms with Crippen LogP contribution in [-0.2, 0) is 23.2 Å². The fourth-order valence-electron chi connectivity index (χ4n) is 0.659. The van der Waals surface area contributed by atoms with Crippen molar-refractivity contribution in [1.82, 2.24) is 0 Å². The highest BCUT2D eigenvalue weighted by atomic mass is 28.4. The number of carboxylic acid groups (broad SMARTS) is 2. The highest BCUT2D eigenvalue weighted by molar-refractivity contribution is 6.74. The molecule has 43 heavy (non-hydrogen) atoms. The van der Waals surface area contributed by atoms with Crippen molar-refractivity contribution in [2.75, 3.05) is 27.9 Å². The van der Waals surface area contributed by atoms with Gasteiger partial charge in [-0.3, -0.25) is 9.59 Å². The molecule has 0 bridgehead atoms. The van der Waals surface area contributed by atoms with E-state index in [-0.39, 0.29) is 5.92 Å². The maximum atomic E-state index is 10.3. The topological polar surface area (TPSA) is 102 Å². The van der Waals surface area contributed by atoms with E-state index in [1.54, 1.807) is 42.1 Å². The molecule has 0 aliphatic rings. The molecule has 0 aromatic carbocycles. The molecule has 1 unspecified atom stereocenters. The third kappa shape index (κ3) is 99.6. The van der Waals surface area contributed by atoms with E-state index in [1.807, 2.05) is 13.8 Å². The van der Waals surface area contributed by atoms with Gasteiger partial charge in [-0.2, -0.15) is 0 Å². The van der Waals surface area contributed by atoms with E-state index >= 15 is 0 Å². The summed E-state index contributed by atoms with van der Waals surface area (Å²) in [6.07, 6.45) is 2.71. The van der Waals surface area contributed by atoms with E-state index in [0.717, 1.165) is 18.9 Å². The summed E-state index contributed by atoms with van der Waals surface area (Å²) >= 11 is 0. The van der Waals surface area contributed by atoms with Crippen molar-refractivity contribution < 1.29 is 33.4 Å². The molecule has 0 heterocycles. The van der Waals surface area contributed by atoms with E-state index < -0.39 is 42.1 Å². The van der Waals surface area contributed by atoms with Crippen LogP contribution in [0.4, 0.5) is 0 Å². The average Bonchev–Trinajstić information content (AvgIpc) is 2.83. The van der Waals surface area contributed by atoms with E-state index in [2.05, 4.69) is 100 Å². The fraction of sp³-hybridized carbons (Fsp3) is 0.939. The van der Waals surface area contributed by atoms with Crippen molar-refractivity contribution in [1.29, 1.82) is 0 Å². The minimum atomic E-state index is -1.13. The second-order valence-corrected chi connectivity index (χ2v) is 30.7. The second-order valence-electron chi connectivity index (χ2n) is 15.5. The summed E-state index contributed by atoms with van der Waals surface area (Å²) in [4.78, 5) is 20.2. The van der Waals surface area contributed by atoms with Gasteiger partial charge in [-0.15, -0.1) is 0 Å². The Labute approximate surface area is 274 Å². The van der Waals surface area contributed by atoms with Gasteiger partial charge in [0.15, 0.2) is 16.6 Å². The van der Waals surface area contributed by atoms with Crippen LogP contribution in [-0.4, -0.2) is 74.8 Å². The molecule has 0 radical (unpaired) electrons. The molecule has 2 N–H and O–H groups in total. The molecule has 0 aromatic rings. The summed E-state index contributed by atoms with van der Waals surface area (Å²) in [7, 11) is 2.39. The molecule has 0 saturated heterocycles. The van der Waals surface area contributed by atoms with E-state index in [4.69, 9.17) is 23.8 Å². The standard InChI is InChI=1S/C6H12O2.C5H10O2.C5H12O.C5H12.2C4H12OSi.C4H12Si/c1-4-6(2,3)5(7)8;1-3-4(2)5(6)7;1-5(2)4-6-3;1-4-5(2)3;2*1-5-6(2,3)4;1-5(2,3)4/h4H2,1-3H3,(H,7,8);4H,3H2,1-2H3,(H,6,7);5H,4H2,1-3H3;5H,4H2,1-3H3;2*1-4H3;1-4H3. The smallest absolute Gasteiger partial charge is 0.309 e. The van der Waals surface area contributed by atoms with Crippen LogP contribution in [0.3, 0.4) is 0 Å². The summed E-state index contributed by atoms with van der Waals surface area (Å²) in [6, 6.07) is 0. The van der Waals surface area contributed by atoms with Crippen LogP contribution >= 0.6 is 0 Å². The van der Waals surface area contributed by atoms with Crippen LogP contribution in [0.25, 0.3) is 0 Å². The largest absolute Gasteiger partial charge is 0.481 e. The summed E-state index contributed by atoms with van der Waals surface area (Å²) in [6.45, 7) is 42.9. The zero-order valence-corrected chi connectivity index (χ0v) is 36.5. The van der Waals surface area contributed by atoms with Crippen molar-refractivity contribution in [3.8, 4) is 0 Å². The molecule has 7 nitrogen and oxygen atoms in total. The molecular formula is C33H82O7Si3. The van der Waals surface area contributed by atoms with Crippen molar-refractivity contribution >= 4 is 36.6 Å². The number of carboxylic acids is 2. The number of hydrogen-bond acceptors (Lipinski definition) is 5. The molecule has 1 atom stereocenters. The Bertz CT molecular complexity index is 571. The van der Waals surface area contributed by atoms with Gasteiger partial charge in [-0.1, -0.05) is 88.0 Å². The van der Waals surface area contributed by atoms with Gasteiger partial charge in [-0.25, -0.2) is 0 Å². The predicted molar refractivity (Wildman–Crippen MR) is 201 cm³/mol. The third-order valence-corrected chi connectivity index (χ3v) is 7.49. The molecule has 0 aliphatic heterocycles. The molecule has 10 heteroatoms. The first-order valence-electron chi connectivity index (χ1n) is 15.9. The molecule has 0 aliphatic carbocycles. The van der Waals surface area contributed by atoms with Gasteiger partial charge < -0.3 is 23.8 Å². The lowest BCUT2D eigenvalue weighted by molar-refractivity contribution is -0.147. The number of aliphatic carboxylic acids is 2. The van der Waals surface area contributed by atoms with Gasteiger partial charge in [0.25, 0.3) is 0 Å². The monoisotopic (exact) mass is 675 g/mol. The lowest BCUT2D eigenvalue weighted by Crippen LogP contribution is -2.22. The zero-order chi connectivity index (χ0) is 36.8. The maximum Gasteiger partial charge on any atom is 0.309 e. The van der Waals surface area contributed by atoms with E-state index in [9.17, 15) is 9.59 Å². The van der Waals surface area contributed by atoms with Gasteiger partial charge in [0, 0.05) is 36.0 Å². The molecule has 0 spiro atoms. The molecular weight excluding hydrogens is 593 g/mol. The van der Waals surface area contributed by atoms with Crippen LogP contribution < -0.4 is 0 Å². The molecule has 0 rings (SSSR count). The fourth-order valence-corrected chi connectivity index (χ4v) is 0.659. The maximum absolute atomic E-state index is 10.3. The van der Waals surface area contributed by atoms with Gasteiger partial charge in [-0.05, 0) is 77.8 Å². The van der Waals surface area contributed by atoms with Crippen LogP contribution in [0.15, 0.2) is 0 Å². The van der Waals surface area contributed by atoms with E-state index in [0.29, 0.717) is 12.3 Å². The predicted octanol–water partition coefficient (Wildman–Crippen LogP) is 10.9. The SMILES string of the molecule is CCC(C)(C)C(=O)O.CCC(C)C.CCC(C)C(=O)O.COCC(C)C.CO[Si](C)(C)C.CO[Si](C)(C)C.C[Si](C)(C)C. The normalized spacial score (nSPS) is 11.6. The van der Waals surface area contributed by atoms with E-state index in [1.165, 1.54) is 6.42 Å². The Morgan fingerprint density at radius 1 is 0.651 bits per heavy atom. The van der Waals surface area contributed by atoms with Crippen molar-refractivity contribution in [3.63, 3.8) is 0 Å². The van der Waals surface area contributed by atoms with Crippen LogP contribution in [0.5, 0.6) is 0 Å². The summed E-state index contributed by atoms with van der Waals surface area (Å²) < 4.78 is 15.0. The second kappa shape index (κ2) is 32.9. The number of hydrogen-bond donors (Lipinski definition) is 2. The average molecular weight is 675 g/mol. The number of methoxy groups -OCH3 is 1. The highest BCUT2D eigenvalue weighted by Gasteiger charge is 2.23. The third-order valence-electron chi connectivity index (χ3n) is 5.04. The minimum absolute atomic E-state index is 0.181. The summed E-state index contributed by atoms with van der Waals surface area (Å²) in [5.74, 6) is -0.0486. The highest BCUT2D eigenvalue weighted by Crippen LogP contribution is 2.18. The van der Waals surface area contributed by atoms with Crippen LogP contribution in [0.1, 0.15) is 88.5 Å². The van der Waals surface area contributed by atoms with Crippen molar-refractivity contribution in [3.05, 3.63) is 0 Å². The Balaban J connectivity index is -0.0000000707. The lowest BCUT2D eigenvalue weighted by atomic mass is 9.91. The van der Waals surface area contributed by atoms with Crippen molar-refractivity contribution in [2.45, 2.75) is 154 Å². The minimum Gasteiger partial charge on any atom is -0.481 e. The Morgan fingerprint density at radius 3 is 0.907 bits per heavy atom.